The average Bonchev–Trinajstić information content (AvgIpc) is 3.12. The van der Waals surface area contributed by atoms with Gasteiger partial charge in [0.15, 0.2) is 0 Å². The smallest absolute Gasteiger partial charge is 0.310 e. The van der Waals surface area contributed by atoms with Crippen molar-refractivity contribution in [2.24, 2.45) is 46.3 Å². The zero-order chi connectivity index (χ0) is 24.3. The number of carbonyl (C=O) groups excluding carboxylic acids is 3. The first-order chi connectivity index (χ1) is 16.2. The van der Waals surface area contributed by atoms with E-state index < -0.39 is 11.8 Å². The Morgan fingerprint density at radius 2 is 1.76 bits per heavy atom. The van der Waals surface area contributed by atoms with Crippen molar-refractivity contribution in [2.75, 3.05) is 13.2 Å². The van der Waals surface area contributed by atoms with Crippen molar-refractivity contribution in [3.05, 3.63) is 11.6 Å². The molecule has 3 saturated carbocycles. The van der Waals surface area contributed by atoms with E-state index in [2.05, 4.69) is 25.2 Å². The molecule has 1 N–H and O–H groups in total. The van der Waals surface area contributed by atoms with Crippen molar-refractivity contribution in [3.8, 4) is 0 Å². The van der Waals surface area contributed by atoms with E-state index in [-0.39, 0.29) is 34.6 Å². The Bertz CT molecular complexity index is 897. The highest BCUT2D eigenvalue weighted by atomic mass is 16.5. The Kier molecular flexibility index (Phi) is 6.09. The van der Waals surface area contributed by atoms with Crippen LogP contribution in [0.1, 0.15) is 79.1 Å². The molecule has 0 aromatic rings. The third-order valence-electron chi connectivity index (χ3n) is 10.7. The zero-order valence-corrected chi connectivity index (χ0v) is 21.2. The maximum atomic E-state index is 13.2. The highest BCUT2D eigenvalue weighted by Crippen LogP contribution is 2.68. The van der Waals surface area contributed by atoms with Gasteiger partial charge >= 0.3 is 11.9 Å². The summed E-state index contributed by atoms with van der Waals surface area (Å²) >= 11 is 0. The van der Waals surface area contributed by atoms with E-state index in [9.17, 15) is 14.4 Å². The van der Waals surface area contributed by atoms with Crippen molar-refractivity contribution in [3.63, 3.8) is 0 Å². The molecule has 1 amide bonds. The fourth-order valence-electron chi connectivity index (χ4n) is 9.10. The number of ether oxygens (including phenoxy) is 2. The third kappa shape index (κ3) is 3.45. The number of carbonyl (C=O) groups is 3. The molecule has 5 rings (SSSR count). The number of allylic oxidation sites excluding steroid dienone is 2. The van der Waals surface area contributed by atoms with Gasteiger partial charge in [0.25, 0.3) is 0 Å². The Morgan fingerprint density at radius 3 is 2.50 bits per heavy atom. The van der Waals surface area contributed by atoms with Crippen LogP contribution in [0.25, 0.3) is 0 Å². The van der Waals surface area contributed by atoms with E-state index in [1.807, 2.05) is 13.8 Å². The van der Waals surface area contributed by atoms with Crippen LogP contribution < -0.4 is 5.32 Å². The van der Waals surface area contributed by atoms with E-state index in [4.69, 9.17) is 9.47 Å². The molecular weight excluding hydrogens is 430 g/mol. The second kappa shape index (κ2) is 8.67. The molecule has 6 heteroatoms. The van der Waals surface area contributed by atoms with Crippen LogP contribution in [-0.2, 0) is 23.9 Å². The van der Waals surface area contributed by atoms with Gasteiger partial charge in [-0.3, -0.25) is 14.4 Å². The minimum atomic E-state index is -0.450. The van der Waals surface area contributed by atoms with Crippen molar-refractivity contribution >= 4 is 17.8 Å². The van der Waals surface area contributed by atoms with Crippen LogP contribution in [-0.4, -0.2) is 37.1 Å². The van der Waals surface area contributed by atoms with Gasteiger partial charge in [0.05, 0.1) is 25.0 Å². The molecular formula is C28H41NO5. The molecule has 0 spiro atoms. The molecule has 5 aliphatic rings. The Labute approximate surface area is 203 Å². The van der Waals surface area contributed by atoms with Gasteiger partial charge in [0, 0.05) is 12.5 Å². The van der Waals surface area contributed by atoms with Gasteiger partial charge in [-0.1, -0.05) is 25.5 Å². The number of esters is 2. The summed E-state index contributed by atoms with van der Waals surface area (Å²) in [6.07, 6.45) is 9.91. The highest BCUT2D eigenvalue weighted by Gasteiger charge is 2.63. The van der Waals surface area contributed by atoms with Gasteiger partial charge < -0.3 is 14.8 Å². The van der Waals surface area contributed by atoms with Crippen LogP contribution >= 0.6 is 0 Å². The molecule has 1 aliphatic heterocycles. The van der Waals surface area contributed by atoms with Gasteiger partial charge in [-0.25, -0.2) is 0 Å². The zero-order valence-electron chi connectivity index (χ0n) is 21.2. The molecule has 0 bridgehead atoms. The molecule has 1 heterocycles. The number of rotatable bonds is 4. The molecule has 3 unspecified atom stereocenters. The summed E-state index contributed by atoms with van der Waals surface area (Å²) in [6, 6.07) is 0.294. The topological polar surface area (TPSA) is 81.7 Å². The van der Waals surface area contributed by atoms with Gasteiger partial charge in [0.1, 0.15) is 0 Å². The lowest BCUT2D eigenvalue weighted by Gasteiger charge is -2.59. The maximum Gasteiger partial charge on any atom is 0.310 e. The Morgan fingerprint density at radius 1 is 1.03 bits per heavy atom. The van der Waals surface area contributed by atoms with E-state index >= 15 is 0 Å². The summed E-state index contributed by atoms with van der Waals surface area (Å²) in [5, 5.41) is 3.31. The maximum absolute atomic E-state index is 13.2. The lowest BCUT2D eigenvalue weighted by Crippen LogP contribution is -2.60. The van der Waals surface area contributed by atoms with E-state index in [1.54, 1.807) is 0 Å². The fourth-order valence-corrected chi connectivity index (χ4v) is 9.10. The van der Waals surface area contributed by atoms with Gasteiger partial charge in [0.2, 0.25) is 5.91 Å². The van der Waals surface area contributed by atoms with E-state index in [1.165, 1.54) is 12.0 Å². The van der Waals surface area contributed by atoms with Gasteiger partial charge in [-0.2, -0.15) is 0 Å². The van der Waals surface area contributed by atoms with Crippen molar-refractivity contribution in [2.45, 2.75) is 85.1 Å². The van der Waals surface area contributed by atoms with Crippen molar-refractivity contribution in [1.29, 1.82) is 0 Å². The van der Waals surface area contributed by atoms with Crippen molar-refractivity contribution in [1.82, 2.24) is 5.32 Å². The predicted octanol–water partition coefficient (Wildman–Crippen LogP) is 4.42. The number of nitrogens with one attached hydrogen (secondary N) is 1. The summed E-state index contributed by atoms with van der Waals surface area (Å²) in [7, 11) is 0. The second-order valence-corrected chi connectivity index (χ2v) is 11.9. The number of amides is 1. The Hall–Kier alpha value is -1.85. The van der Waals surface area contributed by atoms with E-state index in [0.717, 1.165) is 32.1 Å². The first-order valence-electron chi connectivity index (χ1n) is 13.6. The van der Waals surface area contributed by atoms with Crippen molar-refractivity contribution < 1.29 is 23.9 Å². The fraction of sp³-hybridized carbons (Fsp3) is 0.821. The summed E-state index contributed by atoms with van der Waals surface area (Å²) in [5.41, 5.74) is 1.64. The standard InChI is InChI=1S/C28H41NO5/c1-5-33-25(31)17-7-9-19-18(24(17)26(32)34-6-2)15-21-16-8-10-22-28(4,14-12-23(30)29-22)20(16)11-13-27(19,21)3/h9,16-18,20-22,24H,5-8,10-15H2,1-4H3,(H,29,30)/t16-,17?,18+,20+,21+,22?,24?,27-,28-/m1/s1. The molecule has 0 aromatic carbocycles. The molecule has 1 saturated heterocycles. The number of hydrogen-bond donors (Lipinski definition) is 1. The van der Waals surface area contributed by atoms with Crippen LogP contribution in [0.2, 0.25) is 0 Å². The van der Waals surface area contributed by atoms with Gasteiger partial charge in [-0.15, -0.1) is 0 Å². The van der Waals surface area contributed by atoms with Crippen LogP contribution in [0.5, 0.6) is 0 Å². The lowest BCUT2D eigenvalue weighted by molar-refractivity contribution is -0.162. The van der Waals surface area contributed by atoms with Crippen LogP contribution in [0, 0.1) is 46.3 Å². The van der Waals surface area contributed by atoms with Crippen LogP contribution in [0.4, 0.5) is 0 Å². The molecule has 0 radical (unpaired) electrons. The second-order valence-electron chi connectivity index (χ2n) is 11.9. The normalized spacial score (nSPS) is 45.0. The molecule has 9 atom stereocenters. The first kappa shape index (κ1) is 23.9. The first-order valence-corrected chi connectivity index (χ1v) is 13.6. The monoisotopic (exact) mass is 471 g/mol. The van der Waals surface area contributed by atoms with Gasteiger partial charge in [-0.05, 0) is 93.3 Å². The number of piperidine rings is 1. The number of fused-ring (bicyclic) bond motifs is 7. The molecule has 4 fully saturated rings. The Balaban J connectivity index is 1.46. The predicted molar refractivity (Wildman–Crippen MR) is 127 cm³/mol. The third-order valence-corrected chi connectivity index (χ3v) is 10.7. The molecule has 188 valence electrons. The van der Waals surface area contributed by atoms with Crippen LogP contribution in [0.3, 0.4) is 0 Å². The largest absolute Gasteiger partial charge is 0.466 e. The minimum absolute atomic E-state index is 0.0625. The molecule has 4 aliphatic carbocycles. The SMILES string of the molecule is CCOC(=O)C1CC=C2[C@H](C[C@H]3[C@@H]4CCC5NC(=O)CC[C@]5(C)[C@H]4CC[C@]23C)C1C(=O)OCC. The molecule has 0 aromatic heterocycles. The average molecular weight is 472 g/mol. The highest BCUT2D eigenvalue weighted by molar-refractivity contribution is 5.83. The van der Waals surface area contributed by atoms with Crippen LogP contribution in [0.15, 0.2) is 11.6 Å². The lowest BCUT2D eigenvalue weighted by atomic mass is 9.47. The van der Waals surface area contributed by atoms with E-state index in [0.29, 0.717) is 49.9 Å². The summed E-state index contributed by atoms with van der Waals surface area (Å²) in [5.74, 6) is 0.595. The summed E-state index contributed by atoms with van der Waals surface area (Å²) < 4.78 is 10.9. The number of hydrogen-bond acceptors (Lipinski definition) is 5. The quantitative estimate of drug-likeness (QED) is 0.485. The molecule has 6 nitrogen and oxygen atoms in total. The molecule has 34 heavy (non-hydrogen) atoms. The summed E-state index contributed by atoms with van der Waals surface area (Å²) in [4.78, 5) is 38.2. The minimum Gasteiger partial charge on any atom is -0.466 e. The summed E-state index contributed by atoms with van der Waals surface area (Å²) in [6.45, 7) is 9.14.